The number of anilines is 2. The SMILES string of the molecule is CC(C)C(C)N(Cc1cc(N)ccc1N(C)C)C(=O)C(C)(C)C. The second-order valence-electron chi connectivity index (χ2n) is 7.95. The van der Waals surface area contributed by atoms with Crippen LogP contribution in [0.5, 0.6) is 0 Å². The zero-order valence-corrected chi connectivity index (χ0v) is 16.0. The minimum absolute atomic E-state index is 0.165. The molecule has 130 valence electrons. The van der Waals surface area contributed by atoms with E-state index >= 15 is 0 Å². The van der Waals surface area contributed by atoms with Crippen molar-refractivity contribution < 1.29 is 4.79 Å². The first-order valence-corrected chi connectivity index (χ1v) is 8.32. The Kier molecular flexibility index (Phi) is 6.09. The summed E-state index contributed by atoms with van der Waals surface area (Å²) in [6.07, 6.45) is 0. The molecule has 1 amide bonds. The largest absolute Gasteiger partial charge is 0.399 e. The van der Waals surface area contributed by atoms with Gasteiger partial charge in [0.05, 0.1) is 0 Å². The minimum Gasteiger partial charge on any atom is -0.399 e. The summed E-state index contributed by atoms with van der Waals surface area (Å²) in [4.78, 5) is 17.0. The molecule has 0 spiro atoms. The molecule has 0 aromatic heterocycles. The molecule has 4 nitrogen and oxygen atoms in total. The fraction of sp³-hybridized carbons (Fsp3) is 0.632. The molecule has 0 bridgehead atoms. The summed E-state index contributed by atoms with van der Waals surface area (Å²) < 4.78 is 0. The quantitative estimate of drug-likeness (QED) is 0.841. The van der Waals surface area contributed by atoms with Crippen molar-refractivity contribution in [2.24, 2.45) is 11.3 Å². The van der Waals surface area contributed by atoms with Crippen molar-refractivity contribution in [3.05, 3.63) is 23.8 Å². The molecule has 23 heavy (non-hydrogen) atoms. The lowest BCUT2D eigenvalue weighted by Crippen LogP contribution is -2.46. The fourth-order valence-electron chi connectivity index (χ4n) is 2.54. The molecular formula is C19H33N3O. The van der Waals surface area contributed by atoms with E-state index in [-0.39, 0.29) is 11.9 Å². The third-order valence-electron chi connectivity index (χ3n) is 4.28. The average Bonchev–Trinajstić information content (AvgIpc) is 2.41. The molecule has 4 heteroatoms. The summed E-state index contributed by atoms with van der Waals surface area (Å²) in [5, 5.41) is 0. The third-order valence-corrected chi connectivity index (χ3v) is 4.28. The van der Waals surface area contributed by atoms with Gasteiger partial charge in [-0.05, 0) is 36.6 Å². The Morgan fingerprint density at radius 3 is 2.17 bits per heavy atom. The van der Waals surface area contributed by atoms with Crippen LogP contribution in [0.15, 0.2) is 18.2 Å². The van der Waals surface area contributed by atoms with E-state index in [2.05, 4.69) is 25.7 Å². The summed E-state index contributed by atoms with van der Waals surface area (Å²) >= 11 is 0. The number of hydrogen-bond acceptors (Lipinski definition) is 3. The van der Waals surface area contributed by atoms with E-state index in [4.69, 9.17) is 5.73 Å². The van der Waals surface area contributed by atoms with Crippen molar-refractivity contribution in [2.75, 3.05) is 24.7 Å². The Bertz CT molecular complexity index is 544. The summed E-state index contributed by atoms with van der Waals surface area (Å²) in [5.74, 6) is 0.566. The highest BCUT2D eigenvalue weighted by atomic mass is 16.2. The van der Waals surface area contributed by atoms with Gasteiger partial charge in [0.15, 0.2) is 0 Å². The van der Waals surface area contributed by atoms with Crippen molar-refractivity contribution in [1.29, 1.82) is 0 Å². The minimum atomic E-state index is -0.401. The molecule has 0 aliphatic heterocycles. The molecule has 1 aromatic carbocycles. The zero-order chi connectivity index (χ0) is 17.9. The highest BCUT2D eigenvalue weighted by molar-refractivity contribution is 5.82. The lowest BCUT2D eigenvalue weighted by molar-refractivity contribution is -0.143. The maximum absolute atomic E-state index is 13.0. The van der Waals surface area contributed by atoms with Gasteiger partial charge in [0.25, 0.3) is 0 Å². The number of nitrogens with two attached hydrogens (primary N) is 1. The topological polar surface area (TPSA) is 49.6 Å². The molecule has 0 heterocycles. The van der Waals surface area contributed by atoms with Gasteiger partial charge >= 0.3 is 0 Å². The van der Waals surface area contributed by atoms with Gasteiger partial charge in [-0.25, -0.2) is 0 Å². The zero-order valence-electron chi connectivity index (χ0n) is 16.0. The first kappa shape index (κ1) is 19.3. The van der Waals surface area contributed by atoms with Crippen molar-refractivity contribution >= 4 is 17.3 Å². The number of nitrogen functional groups attached to an aromatic ring is 1. The van der Waals surface area contributed by atoms with Crippen LogP contribution in [0, 0.1) is 11.3 Å². The molecule has 0 radical (unpaired) electrons. The van der Waals surface area contributed by atoms with Gasteiger partial charge in [0.2, 0.25) is 5.91 Å². The first-order valence-electron chi connectivity index (χ1n) is 8.32. The number of hydrogen-bond donors (Lipinski definition) is 1. The lowest BCUT2D eigenvalue weighted by atomic mass is 9.92. The number of nitrogens with zero attached hydrogens (tertiary/aromatic N) is 2. The first-order chi connectivity index (χ1) is 10.4. The maximum Gasteiger partial charge on any atom is 0.228 e. The summed E-state index contributed by atoms with van der Waals surface area (Å²) in [5.41, 5.74) is 8.49. The van der Waals surface area contributed by atoms with Crippen LogP contribution in [0.4, 0.5) is 11.4 Å². The Labute approximate surface area is 141 Å². The smallest absolute Gasteiger partial charge is 0.228 e. The normalized spacial score (nSPS) is 13.1. The fourth-order valence-corrected chi connectivity index (χ4v) is 2.54. The second-order valence-corrected chi connectivity index (χ2v) is 7.95. The number of amides is 1. The highest BCUT2D eigenvalue weighted by Gasteiger charge is 2.31. The predicted octanol–water partition coefficient (Wildman–Crippen LogP) is 3.75. The van der Waals surface area contributed by atoms with Crippen molar-refractivity contribution in [2.45, 2.75) is 54.1 Å². The molecule has 0 aliphatic carbocycles. The van der Waals surface area contributed by atoms with Gasteiger partial charge in [-0.3, -0.25) is 4.79 Å². The van der Waals surface area contributed by atoms with Crippen LogP contribution in [-0.4, -0.2) is 30.9 Å². The van der Waals surface area contributed by atoms with E-state index in [1.165, 1.54) is 0 Å². The van der Waals surface area contributed by atoms with Crippen LogP contribution in [0.1, 0.15) is 47.1 Å². The molecule has 2 N–H and O–H groups in total. The van der Waals surface area contributed by atoms with E-state index < -0.39 is 5.41 Å². The van der Waals surface area contributed by atoms with Gasteiger partial charge < -0.3 is 15.5 Å². The molecule has 0 fully saturated rings. The van der Waals surface area contributed by atoms with Gasteiger partial charge in [-0.1, -0.05) is 34.6 Å². The van der Waals surface area contributed by atoms with Crippen LogP contribution in [-0.2, 0) is 11.3 Å². The van der Waals surface area contributed by atoms with E-state index in [1.807, 2.05) is 58.0 Å². The van der Waals surface area contributed by atoms with Gasteiger partial charge in [-0.2, -0.15) is 0 Å². The molecule has 1 unspecified atom stereocenters. The number of carbonyl (C=O) groups excluding carboxylic acids is 1. The second kappa shape index (κ2) is 7.24. The molecular weight excluding hydrogens is 286 g/mol. The van der Waals surface area contributed by atoms with E-state index in [1.54, 1.807) is 0 Å². The molecule has 0 aliphatic rings. The molecule has 1 rings (SSSR count). The Hall–Kier alpha value is -1.71. The average molecular weight is 319 g/mol. The van der Waals surface area contributed by atoms with Crippen molar-refractivity contribution in [1.82, 2.24) is 4.90 Å². The standard InChI is InChI=1S/C19H33N3O/c1-13(2)14(3)22(18(23)19(4,5)6)12-15-11-16(20)9-10-17(15)21(7)8/h9-11,13-14H,12,20H2,1-8H3. The summed E-state index contributed by atoms with van der Waals surface area (Å²) in [6.45, 7) is 12.9. The molecule has 1 atom stereocenters. The van der Waals surface area contributed by atoms with Crippen LogP contribution >= 0.6 is 0 Å². The van der Waals surface area contributed by atoms with E-state index in [0.717, 1.165) is 16.9 Å². The Morgan fingerprint density at radius 2 is 1.74 bits per heavy atom. The van der Waals surface area contributed by atoms with Crippen LogP contribution in [0.25, 0.3) is 0 Å². The number of carbonyl (C=O) groups is 1. The van der Waals surface area contributed by atoms with Crippen LogP contribution in [0.3, 0.4) is 0 Å². The summed E-state index contributed by atoms with van der Waals surface area (Å²) in [7, 11) is 4.02. The van der Waals surface area contributed by atoms with E-state index in [9.17, 15) is 4.79 Å². The van der Waals surface area contributed by atoms with Gasteiger partial charge in [0.1, 0.15) is 0 Å². The molecule has 0 saturated carbocycles. The van der Waals surface area contributed by atoms with Gasteiger partial charge in [-0.15, -0.1) is 0 Å². The van der Waals surface area contributed by atoms with Crippen LogP contribution in [0.2, 0.25) is 0 Å². The predicted molar refractivity (Wildman–Crippen MR) is 99.5 cm³/mol. The Morgan fingerprint density at radius 1 is 1.17 bits per heavy atom. The van der Waals surface area contributed by atoms with Crippen molar-refractivity contribution in [3.63, 3.8) is 0 Å². The highest BCUT2D eigenvalue weighted by Crippen LogP contribution is 2.28. The van der Waals surface area contributed by atoms with Gasteiger partial charge in [0, 0.05) is 43.5 Å². The van der Waals surface area contributed by atoms with E-state index in [0.29, 0.717) is 12.5 Å². The number of rotatable bonds is 5. The van der Waals surface area contributed by atoms with Crippen molar-refractivity contribution in [3.8, 4) is 0 Å². The van der Waals surface area contributed by atoms with Crippen LogP contribution < -0.4 is 10.6 Å². The maximum atomic E-state index is 13.0. The lowest BCUT2D eigenvalue weighted by Gasteiger charge is -2.37. The molecule has 0 saturated heterocycles. The molecule has 1 aromatic rings. The number of benzene rings is 1. The summed E-state index contributed by atoms with van der Waals surface area (Å²) in [6, 6.07) is 6.06. The Balaban J connectivity index is 3.26. The monoisotopic (exact) mass is 319 g/mol. The third kappa shape index (κ3) is 4.88.